The Bertz CT molecular complexity index is 439. The molecule has 0 aromatic heterocycles. The van der Waals surface area contributed by atoms with Crippen LogP contribution >= 0.6 is 0 Å². The molecule has 1 aromatic rings. The molecule has 2 rings (SSSR count). The molecule has 1 unspecified atom stereocenters. The Kier molecular flexibility index (Phi) is 5.03. The summed E-state index contributed by atoms with van der Waals surface area (Å²) >= 11 is 0. The Morgan fingerprint density at radius 2 is 1.95 bits per heavy atom. The summed E-state index contributed by atoms with van der Waals surface area (Å²) in [5, 5.41) is 9.50. The van der Waals surface area contributed by atoms with E-state index in [1.807, 2.05) is 13.1 Å². The lowest BCUT2D eigenvalue weighted by atomic mass is 9.84. The molecule has 0 heterocycles. The van der Waals surface area contributed by atoms with Crippen LogP contribution in [0, 0.1) is 11.7 Å². The van der Waals surface area contributed by atoms with E-state index in [0.717, 1.165) is 18.8 Å². The average molecular weight is 279 g/mol. The third-order valence-corrected chi connectivity index (χ3v) is 4.78. The highest BCUT2D eigenvalue weighted by Crippen LogP contribution is 2.32. The van der Waals surface area contributed by atoms with Crippen LogP contribution < -0.4 is 4.90 Å². The van der Waals surface area contributed by atoms with Crippen LogP contribution in [0.4, 0.5) is 10.1 Å². The summed E-state index contributed by atoms with van der Waals surface area (Å²) in [7, 11) is 1.98. The van der Waals surface area contributed by atoms with Crippen molar-refractivity contribution in [1.82, 2.24) is 0 Å². The van der Waals surface area contributed by atoms with Gasteiger partial charge in [-0.3, -0.25) is 0 Å². The van der Waals surface area contributed by atoms with E-state index < -0.39 is 6.10 Å². The zero-order valence-electron chi connectivity index (χ0n) is 12.8. The van der Waals surface area contributed by atoms with Crippen molar-refractivity contribution in [3.8, 4) is 0 Å². The van der Waals surface area contributed by atoms with Crippen molar-refractivity contribution in [1.29, 1.82) is 0 Å². The molecule has 0 radical (unpaired) electrons. The standard InChI is InChI=1S/C17H26FNO/c1-4-13-5-8-15(9-6-13)19(3)17-10-7-14(12(2)20)11-16(17)18/h7,10-13,15,20H,4-6,8-9H2,1-3H3. The van der Waals surface area contributed by atoms with Gasteiger partial charge in [0.1, 0.15) is 5.82 Å². The molecule has 1 atom stereocenters. The molecule has 1 saturated carbocycles. The molecule has 0 saturated heterocycles. The highest BCUT2D eigenvalue weighted by Gasteiger charge is 2.24. The quantitative estimate of drug-likeness (QED) is 0.889. The van der Waals surface area contributed by atoms with E-state index in [4.69, 9.17) is 0 Å². The maximum atomic E-state index is 14.2. The molecule has 0 aliphatic heterocycles. The number of hydrogen-bond donors (Lipinski definition) is 1. The first-order chi connectivity index (χ1) is 9.52. The average Bonchev–Trinajstić information content (AvgIpc) is 2.46. The molecule has 1 N–H and O–H groups in total. The highest BCUT2D eigenvalue weighted by atomic mass is 19.1. The van der Waals surface area contributed by atoms with Gasteiger partial charge in [-0.1, -0.05) is 19.4 Å². The molecular weight excluding hydrogens is 253 g/mol. The van der Waals surface area contributed by atoms with Crippen LogP contribution in [0.2, 0.25) is 0 Å². The van der Waals surface area contributed by atoms with E-state index in [-0.39, 0.29) is 5.82 Å². The monoisotopic (exact) mass is 279 g/mol. The normalized spacial score (nSPS) is 24.4. The molecule has 0 bridgehead atoms. The Labute approximate surface area is 121 Å². The molecule has 2 nitrogen and oxygen atoms in total. The van der Waals surface area contributed by atoms with Crippen LogP contribution in [-0.4, -0.2) is 18.2 Å². The van der Waals surface area contributed by atoms with Gasteiger partial charge in [0.15, 0.2) is 0 Å². The number of nitrogens with zero attached hydrogens (tertiary/aromatic N) is 1. The van der Waals surface area contributed by atoms with E-state index in [0.29, 0.717) is 17.3 Å². The van der Waals surface area contributed by atoms with Crippen molar-refractivity contribution in [2.45, 2.75) is 58.1 Å². The summed E-state index contributed by atoms with van der Waals surface area (Å²) in [6.45, 7) is 3.91. The van der Waals surface area contributed by atoms with Crippen molar-refractivity contribution in [2.75, 3.05) is 11.9 Å². The van der Waals surface area contributed by atoms with Gasteiger partial charge in [0.25, 0.3) is 0 Å². The molecule has 20 heavy (non-hydrogen) atoms. The van der Waals surface area contributed by atoms with Crippen LogP contribution in [-0.2, 0) is 0 Å². The van der Waals surface area contributed by atoms with Crippen molar-refractivity contribution < 1.29 is 9.50 Å². The fourth-order valence-electron chi connectivity index (χ4n) is 3.21. The van der Waals surface area contributed by atoms with E-state index in [1.54, 1.807) is 13.0 Å². The van der Waals surface area contributed by atoms with Gasteiger partial charge in [0.2, 0.25) is 0 Å². The van der Waals surface area contributed by atoms with Gasteiger partial charge >= 0.3 is 0 Å². The van der Waals surface area contributed by atoms with E-state index in [1.165, 1.54) is 25.3 Å². The molecule has 112 valence electrons. The Morgan fingerprint density at radius 3 is 2.45 bits per heavy atom. The highest BCUT2D eigenvalue weighted by molar-refractivity contribution is 5.49. The number of rotatable bonds is 4. The van der Waals surface area contributed by atoms with Crippen molar-refractivity contribution >= 4 is 5.69 Å². The van der Waals surface area contributed by atoms with Crippen LogP contribution in [0.3, 0.4) is 0 Å². The van der Waals surface area contributed by atoms with Crippen molar-refractivity contribution in [2.24, 2.45) is 5.92 Å². The largest absolute Gasteiger partial charge is 0.389 e. The number of halogens is 1. The second-order valence-electron chi connectivity index (χ2n) is 6.08. The van der Waals surface area contributed by atoms with Gasteiger partial charge in [-0.05, 0) is 56.2 Å². The maximum Gasteiger partial charge on any atom is 0.146 e. The number of aliphatic hydroxyl groups is 1. The number of anilines is 1. The van der Waals surface area contributed by atoms with Gasteiger partial charge in [-0.2, -0.15) is 0 Å². The lowest BCUT2D eigenvalue weighted by Gasteiger charge is -2.36. The van der Waals surface area contributed by atoms with Gasteiger partial charge in [0, 0.05) is 13.1 Å². The first-order valence-electron chi connectivity index (χ1n) is 7.73. The predicted molar refractivity (Wildman–Crippen MR) is 81.5 cm³/mol. The second-order valence-corrected chi connectivity index (χ2v) is 6.08. The number of hydrogen-bond acceptors (Lipinski definition) is 2. The molecule has 1 aliphatic rings. The Morgan fingerprint density at radius 1 is 1.30 bits per heavy atom. The van der Waals surface area contributed by atoms with Gasteiger partial charge < -0.3 is 10.0 Å². The van der Waals surface area contributed by atoms with E-state index >= 15 is 0 Å². The van der Waals surface area contributed by atoms with Gasteiger partial charge in [-0.15, -0.1) is 0 Å². The fraction of sp³-hybridized carbons (Fsp3) is 0.647. The minimum Gasteiger partial charge on any atom is -0.389 e. The lowest BCUT2D eigenvalue weighted by Crippen LogP contribution is -2.35. The SMILES string of the molecule is CCC1CCC(N(C)c2ccc(C(C)O)cc2F)CC1. The van der Waals surface area contributed by atoms with Crippen LogP contribution in [0.25, 0.3) is 0 Å². The van der Waals surface area contributed by atoms with Gasteiger partial charge in [-0.25, -0.2) is 4.39 Å². The third-order valence-electron chi connectivity index (χ3n) is 4.78. The minimum absolute atomic E-state index is 0.233. The number of aliphatic hydroxyl groups excluding tert-OH is 1. The van der Waals surface area contributed by atoms with Crippen LogP contribution in [0.1, 0.15) is 57.6 Å². The maximum absolute atomic E-state index is 14.2. The topological polar surface area (TPSA) is 23.5 Å². The molecule has 0 amide bonds. The molecule has 3 heteroatoms. The molecule has 0 spiro atoms. The first kappa shape index (κ1) is 15.3. The van der Waals surface area contributed by atoms with Crippen LogP contribution in [0.15, 0.2) is 18.2 Å². The molecular formula is C17H26FNO. The summed E-state index contributed by atoms with van der Waals surface area (Å²) in [6.07, 6.45) is 5.43. The first-order valence-corrected chi connectivity index (χ1v) is 7.73. The summed E-state index contributed by atoms with van der Waals surface area (Å²) in [5.74, 6) is 0.616. The van der Waals surface area contributed by atoms with E-state index in [2.05, 4.69) is 11.8 Å². The van der Waals surface area contributed by atoms with Gasteiger partial charge in [0.05, 0.1) is 11.8 Å². The summed E-state index contributed by atoms with van der Waals surface area (Å²) in [4.78, 5) is 2.08. The molecule has 1 fully saturated rings. The zero-order chi connectivity index (χ0) is 14.7. The molecule has 1 aliphatic carbocycles. The van der Waals surface area contributed by atoms with Crippen molar-refractivity contribution in [3.05, 3.63) is 29.6 Å². The fourth-order valence-corrected chi connectivity index (χ4v) is 3.21. The van der Waals surface area contributed by atoms with E-state index in [9.17, 15) is 9.50 Å². The summed E-state index contributed by atoms with van der Waals surface area (Å²) in [6, 6.07) is 5.50. The molecule has 1 aromatic carbocycles. The number of benzene rings is 1. The van der Waals surface area contributed by atoms with Crippen LogP contribution in [0.5, 0.6) is 0 Å². The smallest absolute Gasteiger partial charge is 0.146 e. The zero-order valence-corrected chi connectivity index (χ0v) is 12.8. The predicted octanol–water partition coefficient (Wildman–Crippen LogP) is 4.28. The lowest BCUT2D eigenvalue weighted by molar-refractivity contribution is 0.199. The minimum atomic E-state index is -0.621. The second kappa shape index (κ2) is 6.57. The Balaban J connectivity index is 2.07. The third kappa shape index (κ3) is 3.32. The Hall–Kier alpha value is -1.09. The summed E-state index contributed by atoms with van der Waals surface area (Å²) < 4.78 is 14.2. The van der Waals surface area contributed by atoms with Crippen molar-refractivity contribution in [3.63, 3.8) is 0 Å². The summed E-state index contributed by atoms with van der Waals surface area (Å²) in [5.41, 5.74) is 1.28.